The van der Waals surface area contributed by atoms with Crippen molar-refractivity contribution in [3.05, 3.63) is 95.6 Å². The molecule has 194 valence electrons. The predicted octanol–water partition coefficient (Wildman–Crippen LogP) is 3.52. The highest BCUT2D eigenvalue weighted by atomic mass is 35.5. The second-order valence-corrected chi connectivity index (χ2v) is 8.65. The normalized spacial score (nSPS) is 13.2. The monoisotopic (exact) mass is 523 g/mol. The summed E-state index contributed by atoms with van der Waals surface area (Å²) in [6, 6.07) is 23.3. The summed E-state index contributed by atoms with van der Waals surface area (Å²) in [5.74, 6) is -1.27. The lowest BCUT2D eigenvalue weighted by Crippen LogP contribution is -2.51. The highest BCUT2D eigenvalue weighted by molar-refractivity contribution is 5.85. The number of rotatable bonds is 9. The first-order valence-electron chi connectivity index (χ1n) is 11.8. The van der Waals surface area contributed by atoms with E-state index < -0.39 is 30.1 Å². The highest BCUT2D eigenvalue weighted by Crippen LogP contribution is 2.44. The largest absolute Gasteiger partial charge is 0.459 e. The molecule has 3 aromatic rings. The van der Waals surface area contributed by atoms with Gasteiger partial charge in [0.05, 0.1) is 6.04 Å². The molecule has 1 aliphatic rings. The van der Waals surface area contributed by atoms with Crippen LogP contribution in [0.1, 0.15) is 29.5 Å². The Morgan fingerprint density at radius 3 is 2.03 bits per heavy atom. The molecule has 1 aliphatic carbocycles. The number of carbonyl (C=O) groups is 3. The molecule has 0 unspecified atom stereocenters. The molecule has 4 N–H and O–H groups in total. The van der Waals surface area contributed by atoms with Gasteiger partial charge in [-0.2, -0.15) is 0 Å². The molecule has 2 atom stereocenters. The second kappa shape index (κ2) is 12.9. The molecule has 0 bridgehead atoms. The maximum Gasteiger partial charge on any atom is 0.407 e. The SMILES string of the molecule is C[C@@H](N)C(=O)NC[C@H](NC(=O)OCC1c2ccccc2-c2ccccc21)C(=O)OCc1ccccc1.Cl. The first kappa shape index (κ1) is 27.7. The summed E-state index contributed by atoms with van der Waals surface area (Å²) in [4.78, 5) is 37.4. The summed E-state index contributed by atoms with van der Waals surface area (Å²) in [5, 5.41) is 5.08. The van der Waals surface area contributed by atoms with Crippen LogP contribution in [0, 0.1) is 0 Å². The fourth-order valence-corrected chi connectivity index (χ4v) is 4.17. The molecule has 8 nitrogen and oxygen atoms in total. The van der Waals surface area contributed by atoms with Crippen molar-refractivity contribution in [2.24, 2.45) is 5.73 Å². The Morgan fingerprint density at radius 1 is 0.865 bits per heavy atom. The molecule has 0 heterocycles. The Hall–Kier alpha value is -3.88. The van der Waals surface area contributed by atoms with Crippen LogP contribution >= 0.6 is 12.4 Å². The molecule has 9 heteroatoms. The van der Waals surface area contributed by atoms with E-state index in [-0.39, 0.29) is 38.1 Å². The average Bonchev–Trinajstić information content (AvgIpc) is 3.22. The molecule has 2 amide bonds. The number of fused-ring (bicyclic) bond motifs is 3. The van der Waals surface area contributed by atoms with E-state index in [1.807, 2.05) is 78.9 Å². The molecule has 4 rings (SSSR count). The van der Waals surface area contributed by atoms with Crippen LogP contribution in [0.25, 0.3) is 11.1 Å². The summed E-state index contributed by atoms with van der Waals surface area (Å²) in [5.41, 5.74) is 10.8. The maximum absolute atomic E-state index is 12.7. The minimum absolute atomic E-state index is 0. The van der Waals surface area contributed by atoms with Crippen LogP contribution in [-0.4, -0.2) is 43.2 Å². The number of esters is 1. The molecule has 0 aromatic heterocycles. The quantitative estimate of drug-likeness (QED) is 0.369. The van der Waals surface area contributed by atoms with Crippen molar-refractivity contribution in [2.45, 2.75) is 31.5 Å². The molecule has 37 heavy (non-hydrogen) atoms. The smallest absolute Gasteiger partial charge is 0.407 e. The molecule has 3 aromatic carbocycles. The van der Waals surface area contributed by atoms with Gasteiger partial charge in [0.25, 0.3) is 0 Å². The van der Waals surface area contributed by atoms with Gasteiger partial charge in [-0.1, -0.05) is 78.9 Å². The lowest BCUT2D eigenvalue weighted by molar-refractivity contribution is -0.147. The lowest BCUT2D eigenvalue weighted by Gasteiger charge is -2.20. The Labute approximate surface area is 221 Å². The Balaban J connectivity index is 0.00000380. The molecule has 0 spiro atoms. The van der Waals surface area contributed by atoms with Gasteiger partial charge in [0.15, 0.2) is 0 Å². The van der Waals surface area contributed by atoms with Crippen LogP contribution in [0.15, 0.2) is 78.9 Å². The first-order valence-corrected chi connectivity index (χ1v) is 11.8. The Morgan fingerprint density at radius 2 is 1.43 bits per heavy atom. The third-order valence-corrected chi connectivity index (χ3v) is 6.04. The zero-order valence-corrected chi connectivity index (χ0v) is 21.2. The van der Waals surface area contributed by atoms with E-state index in [1.165, 1.54) is 6.92 Å². The van der Waals surface area contributed by atoms with Gasteiger partial charge in [0.1, 0.15) is 19.3 Å². The minimum atomic E-state index is -1.15. The van der Waals surface area contributed by atoms with E-state index >= 15 is 0 Å². The molecule has 0 radical (unpaired) electrons. The molecule has 0 saturated carbocycles. The van der Waals surface area contributed by atoms with Crippen molar-refractivity contribution >= 4 is 30.4 Å². The van der Waals surface area contributed by atoms with Crippen molar-refractivity contribution in [2.75, 3.05) is 13.2 Å². The van der Waals surface area contributed by atoms with Gasteiger partial charge >= 0.3 is 12.1 Å². The molecular formula is C28H30ClN3O5. The number of nitrogens with one attached hydrogen (secondary N) is 2. The van der Waals surface area contributed by atoms with Gasteiger partial charge in [-0.15, -0.1) is 12.4 Å². The number of benzene rings is 3. The van der Waals surface area contributed by atoms with Gasteiger partial charge in [0, 0.05) is 12.5 Å². The van der Waals surface area contributed by atoms with Gasteiger partial charge < -0.3 is 25.8 Å². The first-order chi connectivity index (χ1) is 17.4. The fourth-order valence-electron chi connectivity index (χ4n) is 4.17. The van der Waals surface area contributed by atoms with Crippen molar-refractivity contribution in [1.29, 1.82) is 0 Å². The number of ether oxygens (including phenoxy) is 2. The van der Waals surface area contributed by atoms with Crippen LogP contribution in [0.3, 0.4) is 0 Å². The third-order valence-electron chi connectivity index (χ3n) is 6.04. The number of nitrogens with two attached hydrogens (primary N) is 1. The second-order valence-electron chi connectivity index (χ2n) is 8.65. The zero-order chi connectivity index (χ0) is 25.5. The van der Waals surface area contributed by atoms with Gasteiger partial charge in [-0.05, 0) is 34.7 Å². The fraction of sp³-hybridized carbons (Fsp3) is 0.250. The number of alkyl carbamates (subject to hydrolysis) is 1. The topological polar surface area (TPSA) is 120 Å². The van der Waals surface area contributed by atoms with Gasteiger partial charge in [-0.3, -0.25) is 4.79 Å². The van der Waals surface area contributed by atoms with Crippen LogP contribution in [0.2, 0.25) is 0 Å². The molecule has 0 saturated heterocycles. The van der Waals surface area contributed by atoms with E-state index in [0.717, 1.165) is 27.8 Å². The van der Waals surface area contributed by atoms with E-state index in [2.05, 4.69) is 10.6 Å². The predicted molar refractivity (Wildman–Crippen MR) is 142 cm³/mol. The Kier molecular flexibility index (Phi) is 9.65. The van der Waals surface area contributed by atoms with Crippen molar-refractivity contribution < 1.29 is 23.9 Å². The summed E-state index contributed by atoms with van der Waals surface area (Å²) in [6.07, 6.45) is -0.784. The third kappa shape index (κ3) is 6.87. The molecule has 0 fully saturated rings. The van der Waals surface area contributed by atoms with E-state index in [1.54, 1.807) is 0 Å². The standard InChI is InChI=1S/C28H29N3O5.ClH/c1-18(29)26(32)30-15-25(27(33)35-16-19-9-3-2-4-10-19)31-28(34)36-17-24-22-13-7-5-11-20(22)21-12-6-8-14-23(21)24;/h2-14,18,24-25H,15-17,29H2,1H3,(H,30,32)(H,31,34);1H/t18-,25+;/m1./s1. The zero-order valence-electron chi connectivity index (χ0n) is 20.4. The van der Waals surface area contributed by atoms with Crippen molar-refractivity contribution in [3.8, 4) is 11.1 Å². The van der Waals surface area contributed by atoms with Crippen LogP contribution in [0.5, 0.6) is 0 Å². The van der Waals surface area contributed by atoms with Crippen LogP contribution < -0.4 is 16.4 Å². The van der Waals surface area contributed by atoms with E-state index in [9.17, 15) is 14.4 Å². The minimum Gasteiger partial charge on any atom is -0.459 e. The Bertz CT molecular complexity index is 1190. The summed E-state index contributed by atoms with van der Waals surface area (Å²) in [6.45, 7) is 1.47. The van der Waals surface area contributed by atoms with Crippen molar-refractivity contribution in [3.63, 3.8) is 0 Å². The number of hydrogen-bond acceptors (Lipinski definition) is 6. The van der Waals surface area contributed by atoms with Gasteiger partial charge in [0.2, 0.25) is 5.91 Å². The van der Waals surface area contributed by atoms with Gasteiger partial charge in [-0.25, -0.2) is 9.59 Å². The summed E-state index contributed by atoms with van der Waals surface area (Å²) >= 11 is 0. The summed E-state index contributed by atoms with van der Waals surface area (Å²) in [7, 11) is 0. The highest BCUT2D eigenvalue weighted by Gasteiger charge is 2.30. The van der Waals surface area contributed by atoms with Crippen LogP contribution in [0.4, 0.5) is 4.79 Å². The maximum atomic E-state index is 12.7. The van der Waals surface area contributed by atoms with E-state index in [0.29, 0.717) is 0 Å². The molecule has 0 aliphatic heterocycles. The molecular weight excluding hydrogens is 494 g/mol. The van der Waals surface area contributed by atoms with Crippen molar-refractivity contribution in [1.82, 2.24) is 10.6 Å². The number of amides is 2. The lowest BCUT2D eigenvalue weighted by atomic mass is 9.98. The average molecular weight is 524 g/mol. The number of carbonyl (C=O) groups excluding carboxylic acids is 3. The van der Waals surface area contributed by atoms with Crippen LogP contribution in [-0.2, 0) is 25.7 Å². The number of halogens is 1. The summed E-state index contributed by atoms with van der Waals surface area (Å²) < 4.78 is 10.9. The number of hydrogen-bond donors (Lipinski definition) is 3. The van der Waals surface area contributed by atoms with E-state index in [4.69, 9.17) is 15.2 Å².